The van der Waals surface area contributed by atoms with E-state index in [2.05, 4.69) is 16.5 Å². The van der Waals surface area contributed by atoms with Gasteiger partial charge in [0, 0.05) is 17.2 Å². The zero-order valence-electron chi connectivity index (χ0n) is 9.11. The van der Waals surface area contributed by atoms with Gasteiger partial charge in [0.05, 0.1) is 6.61 Å². The molecule has 1 N–H and O–H groups in total. The second-order valence-corrected chi connectivity index (χ2v) is 5.65. The first-order valence-electron chi connectivity index (χ1n) is 5.80. The van der Waals surface area contributed by atoms with Gasteiger partial charge in [0.25, 0.3) is 0 Å². The van der Waals surface area contributed by atoms with Gasteiger partial charge in [-0.2, -0.15) is 0 Å². The molecule has 0 aromatic carbocycles. The number of hydrogen-bond acceptors (Lipinski definition) is 4. The summed E-state index contributed by atoms with van der Waals surface area (Å²) in [6.45, 7) is 1.58. The Bertz CT molecular complexity index is 217. The summed E-state index contributed by atoms with van der Waals surface area (Å²) < 4.78 is 15.3. The Labute approximate surface area is 98.9 Å². The molecule has 0 aromatic rings. The minimum atomic E-state index is -1.82. The highest BCUT2D eigenvalue weighted by molar-refractivity contribution is 8.19. The van der Waals surface area contributed by atoms with Crippen LogP contribution < -0.4 is 5.32 Å². The van der Waals surface area contributed by atoms with Crippen LogP contribution in [0.15, 0.2) is 0 Å². The van der Waals surface area contributed by atoms with Crippen molar-refractivity contribution >= 4 is 20.8 Å². The van der Waals surface area contributed by atoms with E-state index in [0.29, 0.717) is 6.61 Å². The fourth-order valence-electron chi connectivity index (χ4n) is 1.98. The van der Waals surface area contributed by atoms with Crippen molar-refractivity contribution in [2.45, 2.75) is 51.0 Å². The Balaban J connectivity index is 1.87. The largest absolute Gasteiger partial charge is 0.314 e. The first-order chi connectivity index (χ1) is 7.29. The van der Waals surface area contributed by atoms with Crippen molar-refractivity contribution in [2.75, 3.05) is 13.2 Å². The van der Waals surface area contributed by atoms with E-state index >= 15 is 0 Å². The Morgan fingerprint density at radius 1 is 1.27 bits per heavy atom. The van der Waals surface area contributed by atoms with Crippen LogP contribution in [-0.2, 0) is 25.0 Å². The maximum atomic E-state index is 10.4. The minimum Gasteiger partial charge on any atom is -0.314 e. The summed E-state index contributed by atoms with van der Waals surface area (Å²) in [6, 6.07) is 0.732. The predicted octanol–water partition coefficient (Wildman–Crippen LogP) is 1.56. The van der Waals surface area contributed by atoms with Gasteiger partial charge in [-0.05, 0) is 32.2 Å². The molecular formula is C10H21NO2S2. The Morgan fingerprint density at radius 2 is 2.00 bits per heavy atom. The van der Waals surface area contributed by atoms with Crippen LogP contribution in [0.3, 0.4) is 0 Å². The van der Waals surface area contributed by atoms with Crippen molar-refractivity contribution in [3.05, 3.63) is 0 Å². The van der Waals surface area contributed by atoms with Crippen LogP contribution in [0.5, 0.6) is 0 Å². The molecule has 0 saturated heterocycles. The van der Waals surface area contributed by atoms with E-state index in [1.54, 1.807) is 0 Å². The topological polar surface area (TPSA) is 38.3 Å². The van der Waals surface area contributed by atoms with Crippen molar-refractivity contribution in [1.29, 1.82) is 0 Å². The standard InChI is InChI=1S/C10H21NO2S2/c12-15(14)13-9-5-4-8-11-10-6-2-1-3-7-10/h10-11,15H,1-9H2. The molecule has 1 aliphatic carbocycles. The van der Waals surface area contributed by atoms with Crippen molar-refractivity contribution in [1.82, 2.24) is 5.32 Å². The van der Waals surface area contributed by atoms with Crippen LogP contribution >= 0.6 is 0 Å². The average Bonchev–Trinajstić information content (AvgIpc) is 2.24. The molecule has 5 heteroatoms. The molecule has 90 valence electrons. The van der Waals surface area contributed by atoms with Crippen LogP contribution in [0.25, 0.3) is 0 Å². The van der Waals surface area contributed by atoms with E-state index in [0.717, 1.165) is 25.4 Å². The van der Waals surface area contributed by atoms with Crippen molar-refractivity contribution in [3.63, 3.8) is 0 Å². The van der Waals surface area contributed by atoms with Gasteiger partial charge < -0.3 is 5.32 Å². The van der Waals surface area contributed by atoms with Gasteiger partial charge in [0.15, 0.2) is 0 Å². The molecule has 3 nitrogen and oxygen atoms in total. The monoisotopic (exact) mass is 251 g/mol. The third-order valence-electron chi connectivity index (χ3n) is 2.81. The molecule has 0 amide bonds. The van der Waals surface area contributed by atoms with Crippen molar-refractivity contribution in [3.8, 4) is 0 Å². The van der Waals surface area contributed by atoms with Gasteiger partial charge in [0.1, 0.15) is 9.64 Å². The smallest absolute Gasteiger partial charge is 0.133 e. The van der Waals surface area contributed by atoms with Gasteiger partial charge >= 0.3 is 0 Å². The first kappa shape index (κ1) is 13.4. The summed E-state index contributed by atoms with van der Waals surface area (Å²) in [5, 5.41) is 3.56. The number of unbranched alkanes of at least 4 members (excludes halogenated alkanes) is 1. The summed E-state index contributed by atoms with van der Waals surface area (Å²) in [4.78, 5) is 0. The maximum Gasteiger partial charge on any atom is 0.133 e. The third-order valence-corrected chi connectivity index (χ3v) is 3.52. The molecule has 0 heterocycles. The minimum absolute atomic E-state index is 0.533. The van der Waals surface area contributed by atoms with Crippen molar-refractivity contribution < 1.29 is 8.39 Å². The fraction of sp³-hybridized carbons (Fsp3) is 1.00. The molecule has 0 spiro atoms. The fourth-order valence-corrected chi connectivity index (χ4v) is 2.48. The summed E-state index contributed by atoms with van der Waals surface area (Å²) in [7, 11) is -1.82. The Morgan fingerprint density at radius 3 is 2.67 bits per heavy atom. The highest BCUT2D eigenvalue weighted by Gasteiger charge is 2.11. The first-order valence-corrected chi connectivity index (χ1v) is 7.99. The number of hydrogen-bond donors (Lipinski definition) is 2. The lowest BCUT2D eigenvalue weighted by Crippen LogP contribution is -2.31. The van der Waals surface area contributed by atoms with E-state index in [1.807, 2.05) is 0 Å². The van der Waals surface area contributed by atoms with Crippen LogP contribution in [0.4, 0.5) is 0 Å². The van der Waals surface area contributed by atoms with Gasteiger partial charge in [-0.1, -0.05) is 19.3 Å². The predicted molar refractivity (Wildman–Crippen MR) is 67.0 cm³/mol. The quantitative estimate of drug-likeness (QED) is 0.532. The molecule has 0 radical (unpaired) electrons. The number of thiol groups is 1. The Hall–Kier alpha value is 0.290. The lowest BCUT2D eigenvalue weighted by atomic mass is 9.95. The SMILES string of the molecule is O=[SH](=S)OCCCCNC1CCCCC1. The third kappa shape index (κ3) is 7.22. The normalized spacial score (nSPS) is 20.3. The summed E-state index contributed by atoms with van der Waals surface area (Å²) >= 11 is 4.43. The van der Waals surface area contributed by atoms with Crippen LogP contribution in [0.1, 0.15) is 44.9 Å². The second kappa shape index (κ2) is 8.44. The van der Waals surface area contributed by atoms with Crippen LogP contribution in [-0.4, -0.2) is 23.4 Å². The molecule has 1 aliphatic rings. The molecule has 15 heavy (non-hydrogen) atoms. The molecule has 0 aromatic heterocycles. The second-order valence-electron chi connectivity index (χ2n) is 4.05. The molecule has 1 saturated carbocycles. The van der Waals surface area contributed by atoms with Gasteiger partial charge in [-0.25, -0.2) is 4.21 Å². The van der Waals surface area contributed by atoms with Gasteiger partial charge in [0.2, 0.25) is 0 Å². The van der Waals surface area contributed by atoms with E-state index in [1.165, 1.54) is 32.1 Å². The lowest BCUT2D eigenvalue weighted by Gasteiger charge is -2.22. The molecular weight excluding hydrogens is 230 g/mol. The molecule has 0 aliphatic heterocycles. The van der Waals surface area contributed by atoms with E-state index in [-0.39, 0.29) is 0 Å². The lowest BCUT2D eigenvalue weighted by molar-refractivity contribution is 0.331. The molecule has 1 atom stereocenters. The van der Waals surface area contributed by atoms with E-state index in [4.69, 9.17) is 4.18 Å². The number of rotatable bonds is 7. The Kier molecular flexibility index (Phi) is 7.52. The van der Waals surface area contributed by atoms with Crippen LogP contribution in [0, 0.1) is 0 Å². The van der Waals surface area contributed by atoms with Crippen LogP contribution in [0.2, 0.25) is 0 Å². The van der Waals surface area contributed by atoms with E-state index in [9.17, 15) is 4.21 Å². The zero-order chi connectivity index (χ0) is 10.9. The maximum absolute atomic E-state index is 10.4. The molecule has 1 unspecified atom stereocenters. The molecule has 1 rings (SSSR count). The van der Waals surface area contributed by atoms with Crippen molar-refractivity contribution in [2.24, 2.45) is 0 Å². The summed E-state index contributed by atoms with van der Waals surface area (Å²) in [6.07, 6.45) is 8.82. The number of nitrogens with one attached hydrogen (secondary N) is 1. The van der Waals surface area contributed by atoms with Gasteiger partial charge in [-0.15, -0.1) is 0 Å². The summed E-state index contributed by atoms with van der Waals surface area (Å²) in [5.74, 6) is 0. The average molecular weight is 251 g/mol. The molecule has 0 bridgehead atoms. The van der Waals surface area contributed by atoms with E-state index < -0.39 is 9.64 Å². The summed E-state index contributed by atoms with van der Waals surface area (Å²) in [5.41, 5.74) is 0. The highest BCUT2D eigenvalue weighted by Crippen LogP contribution is 2.17. The molecule has 1 fully saturated rings. The zero-order valence-corrected chi connectivity index (χ0v) is 10.8. The highest BCUT2D eigenvalue weighted by atomic mass is 32.8. The van der Waals surface area contributed by atoms with Gasteiger partial charge in [-0.3, -0.25) is 4.18 Å².